The maximum atomic E-state index is 11.2. The Bertz CT molecular complexity index is 737. The number of aromatic amines is 3. The van der Waals surface area contributed by atoms with Gasteiger partial charge in [0.15, 0.2) is 0 Å². The van der Waals surface area contributed by atoms with Crippen molar-refractivity contribution in [3.8, 4) is 22.5 Å². The number of rotatable bonds is 2. The van der Waals surface area contributed by atoms with Gasteiger partial charge in [-0.25, -0.2) is 4.79 Å². The van der Waals surface area contributed by atoms with E-state index < -0.39 is 0 Å². The van der Waals surface area contributed by atoms with E-state index in [0.717, 1.165) is 22.5 Å². The van der Waals surface area contributed by atoms with Crippen molar-refractivity contribution in [1.82, 2.24) is 20.2 Å². The second-order valence-electron chi connectivity index (χ2n) is 3.91. The minimum atomic E-state index is -0.232. The molecule has 18 heavy (non-hydrogen) atoms. The lowest BCUT2D eigenvalue weighted by molar-refractivity contribution is 1.10. The maximum Gasteiger partial charge on any atom is 0.323 e. The standard InChI is InChI=1S/C12H11N5O/c13-11-5-9(16-17-11)7-3-1-2-4-8(7)10-6-14-12(18)15-10/h1-6H,(H3,13,16,17)(H2,14,15,18). The summed E-state index contributed by atoms with van der Waals surface area (Å²) in [6.07, 6.45) is 1.64. The van der Waals surface area contributed by atoms with Crippen molar-refractivity contribution in [2.75, 3.05) is 5.73 Å². The Labute approximate surface area is 102 Å². The van der Waals surface area contributed by atoms with E-state index >= 15 is 0 Å². The van der Waals surface area contributed by atoms with E-state index in [1.807, 2.05) is 24.3 Å². The summed E-state index contributed by atoms with van der Waals surface area (Å²) in [5.74, 6) is 0.433. The predicted molar refractivity (Wildman–Crippen MR) is 68.8 cm³/mol. The van der Waals surface area contributed by atoms with Crippen LogP contribution in [0.25, 0.3) is 22.5 Å². The Morgan fingerprint density at radius 2 is 1.83 bits per heavy atom. The number of benzene rings is 1. The molecule has 0 fully saturated rings. The topological polar surface area (TPSA) is 103 Å². The van der Waals surface area contributed by atoms with Crippen molar-refractivity contribution in [2.45, 2.75) is 0 Å². The molecule has 6 heteroatoms. The van der Waals surface area contributed by atoms with Crippen LogP contribution in [0.5, 0.6) is 0 Å². The average Bonchev–Trinajstić information content (AvgIpc) is 2.98. The fraction of sp³-hybridized carbons (Fsp3) is 0. The van der Waals surface area contributed by atoms with Crippen LogP contribution >= 0.6 is 0 Å². The summed E-state index contributed by atoms with van der Waals surface area (Å²) in [5.41, 5.74) is 8.74. The van der Waals surface area contributed by atoms with Gasteiger partial charge in [-0.2, -0.15) is 5.10 Å². The third-order valence-electron chi connectivity index (χ3n) is 2.70. The summed E-state index contributed by atoms with van der Waals surface area (Å²) in [4.78, 5) is 16.5. The molecule has 0 aliphatic carbocycles. The molecule has 3 rings (SSSR count). The van der Waals surface area contributed by atoms with Crippen LogP contribution in [0.2, 0.25) is 0 Å². The quantitative estimate of drug-likeness (QED) is 0.544. The third kappa shape index (κ3) is 1.69. The Balaban J connectivity index is 2.19. The van der Waals surface area contributed by atoms with Crippen LogP contribution in [0.4, 0.5) is 5.82 Å². The van der Waals surface area contributed by atoms with E-state index in [4.69, 9.17) is 5.73 Å². The van der Waals surface area contributed by atoms with Gasteiger partial charge in [0.1, 0.15) is 5.82 Å². The monoisotopic (exact) mass is 241 g/mol. The van der Waals surface area contributed by atoms with Gasteiger partial charge in [0.2, 0.25) is 0 Å². The van der Waals surface area contributed by atoms with Crippen molar-refractivity contribution in [3.05, 3.63) is 47.0 Å². The van der Waals surface area contributed by atoms with Crippen LogP contribution in [0.3, 0.4) is 0 Å². The first-order chi connectivity index (χ1) is 8.74. The number of nitrogens with two attached hydrogens (primary N) is 1. The van der Waals surface area contributed by atoms with E-state index in [2.05, 4.69) is 20.2 Å². The first-order valence-electron chi connectivity index (χ1n) is 5.42. The molecule has 0 aliphatic heterocycles. The highest BCUT2D eigenvalue weighted by atomic mass is 16.1. The number of nitrogens with one attached hydrogen (secondary N) is 3. The van der Waals surface area contributed by atoms with Crippen molar-refractivity contribution in [3.63, 3.8) is 0 Å². The number of imidazole rings is 1. The molecule has 3 aromatic rings. The van der Waals surface area contributed by atoms with Crippen LogP contribution in [0, 0.1) is 0 Å². The summed E-state index contributed by atoms with van der Waals surface area (Å²) >= 11 is 0. The number of nitrogens with zero attached hydrogens (tertiary/aromatic N) is 1. The van der Waals surface area contributed by atoms with Crippen molar-refractivity contribution in [1.29, 1.82) is 0 Å². The molecule has 0 spiro atoms. The Kier molecular flexibility index (Phi) is 2.26. The first kappa shape index (κ1) is 10.4. The largest absolute Gasteiger partial charge is 0.382 e. The molecule has 90 valence electrons. The Morgan fingerprint density at radius 3 is 2.39 bits per heavy atom. The molecule has 0 saturated heterocycles. The van der Waals surface area contributed by atoms with Gasteiger partial charge >= 0.3 is 5.69 Å². The van der Waals surface area contributed by atoms with Crippen LogP contribution in [0.1, 0.15) is 0 Å². The Morgan fingerprint density at radius 1 is 1.11 bits per heavy atom. The molecule has 2 heterocycles. The van der Waals surface area contributed by atoms with Gasteiger partial charge in [-0.15, -0.1) is 0 Å². The lowest BCUT2D eigenvalue weighted by atomic mass is 10.0. The number of hydrogen-bond acceptors (Lipinski definition) is 3. The van der Waals surface area contributed by atoms with Crippen molar-refractivity contribution >= 4 is 5.82 Å². The molecule has 0 amide bonds. The molecule has 5 N–H and O–H groups in total. The van der Waals surface area contributed by atoms with Crippen LogP contribution in [-0.4, -0.2) is 20.2 Å². The van der Waals surface area contributed by atoms with Gasteiger partial charge in [0, 0.05) is 23.4 Å². The van der Waals surface area contributed by atoms with Gasteiger partial charge in [-0.05, 0) is 0 Å². The maximum absolute atomic E-state index is 11.2. The van der Waals surface area contributed by atoms with Gasteiger partial charge in [-0.3, -0.25) is 5.10 Å². The minimum absolute atomic E-state index is 0.232. The van der Waals surface area contributed by atoms with Crippen LogP contribution in [0.15, 0.2) is 41.3 Å². The highest BCUT2D eigenvalue weighted by Gasteiger charge is 2.10. The van der Waals surface area contributed by atoms with E-state index in [0.29, 0.717) is 5.82 Å². The van der Waals surface area contributed by atoms with E-state index in [1.165, 1.54) is 0 Å². The summed E-state index contributed by atoms with van der Waals surface area (Å²) in [6, 6.07) is 9.44. The summed E-state index contributed by atoms with van der Waals surface area (Å²) < 4.78 is 0. The van der Waals surface area contributed by atoms with Gasteiger partial charge in [0.05, 0.1) is 11.4 Å². The zero-order valence-electron chi connectivity index (χ0n) is 9.40. The molecule has 0 unspecified atom stereocenters. The molecular formula is C12H11N5O. The highest BCUT2D eigenvalue weighted by molar-refractivity contribution is 5.80. The number of H-pyrrole nitrogens is 3. The lowest BCUT2D eigenvalue weighted by Gasteiger charge is -2.04. The number of aromatic nitrogens is 4. The predicted octanol–water partition coefficient (Wildman–Crippen LogP) is 1.34. The van der Waals surface area contributed by atoms with Crippen molar-refractivity contribution in [2.24, 2.45) is 0 Å². The van der Waals surface area contributed by atoms with E-state index in [9.17, 15) is 4.79 Å². The summed E-state index contributed by atoms with van der Waals surface area (Å²) in [6.45, 7) is 0. The fourth-order valence-electron chi connectivity index (χ4n) is 1.91. The molecule has 6 nitrogen and oxygen atoms in total. The first-order valence-corrected chi connectivity index (χ1v) is 5.42. The van der Waals surface area contributed by atoms with Crippen LogP contribution < -0.4 is 11.4 Å². The smallest absolute Gasteiger partial charge is 0.323 e. The SMILES string of the molecule is Nc1cc(-c2ccccc2-c2c[nH]c(=O)[nH]2)[nH]n1. The molecule has 2 aromatic heterocycles. The third-order valence-corrected chi connectivity index (χ3v) is 2.70. The fourth-order valence-corrected chi connectivity index (χ4v) is 1.91. The Hall–Kier alpha value is -2.76. The van der Waals surface area contributed by atoms with E-state index in [1.54, 1.807) is 12.3 Å². The van der Waals surface area contributed by atoms with Crippen LogP contribution in [-0.2, 0) is 0 Å². The molecule has 0 bridgehead atoms. The number of hydrogen-bond donors (Lipinski definition) is 4. The molecule has 0 aliphatic rings. The molecule has 0 atom stereocenters. The molecular weight excluding hydrogens is 230 g/mol. The van der Waals surface area contributed by atoms with E-state index in [-0.39, 0.29) is 5.69 Å². The zero-order valence-corrected chi connectivity index (χ0v) is 9.40. The summed E-state index contributed by atoms with van der Waals surface area (Å²) in [5, 5.41) is 6.77. The molecule has 0 saturated carbocycles. The van der Waals surface area contributed by atoms with Crippen molar-refractivity contribution < 1.29 is 0 Å². The molecule has 0 radical (unpaired) electrons. The second-order valence-corrected chi connectivity index (χ2v) is 3.91. The normalized spacial score (nSPS) is 10.7. The van der Waals surface area contributed by atoms with Gasteiger partial charge in [0.25, 0.3) is 0 Å². The number of nitrogen functional groups attached to an aromatic ring is 1. The zero-order chi connectivity index (χ0) is 12.5. The summed E-state index contributed by atoms with van der Waals surface area (Å²) in [7, 11) is 0. The minimum Gasteiger partial charge on any atom is -0.382 e. The highest BCUT2D eigenvalue weighted by Crippen LogP contribution is 2.29. The van der Waals surface area contributed by atoms with Gasteiger partial charge in [-0.1, -0.05) is 24.3 Å². The van der Waals surface area contributed by atoms with Gasteiger partial charge < -0.3 is 15.7 Å². The lowest BCUT2D eigenvalue weighted by Crippen LogP contribution is -2.00. The second kappa shape index (κ2) is 3.92. The average molecular weight is 241 g/mol. The molecule has 1 aromatic carbocycles. The number of anilines is 1.